The van der Waals surface area contributed by atoms with Gasteiger partial charge in [0, 0.05) is 49.1 Å². The Morgan fingerprint density at radius 1 is 0.756 bits per heavy atom. The minimum atomic E-state index is -0.151. The SMILES string of the molecule is COc1ccc2c(C(=O)N3CCOCC3)c(COc3cc4c(C(=O)N5CCOCC5)c(C)oc4cc3OC)oc2c1. The van der Waals surface area contributed by atoms with E-state index in [2.05, 4.69) is 0 Å². The maximum atomic E-state index is 13.7. The molecule has 4 heterocycles. The summed E-state index contributed by atoms with van der Waals surface area (Å²) < 4.78 is 40.2. The van der Waals surface area contributed by atoms with Gasteiger partial charge >= 0.3 is 0 Å². The predicted octanol–water partition coefficient (Wildman–Crippen LogP) is 4.03. The number of benzene rings is 2. The van der Waals surface area contributed by atoms with E-state index in [1.54, 1.807) is 48.1 Å². The van der Waals surface area contributed by atoms with Crippen LogP contribution in [-0.2, 0) is 16.1 Å². The molecule has 0 unspecified atom stereocenters. The quantitative estimate of drug-likeness (QED) is 0.328. The number of aryl methyl sites for hydroxylation is 1. The van der Waals surface area contributed by atoms with Crippen LogP contribution in [-0.4, -0.2) is 88.4 Å². The van der Waals surface area contributed by atoms with Gasteiger partial charge in [-0.3, -0.25) is 9.59 Å². The van der Waals surface area contributed by atoms with Crippen molar-refractivity contribution in [2.75, 3.05) is 66.8 Å². The van der Waals surface area contributed by atoms with Crippen LogP contribution in [0.15, 0.2) is 39.2 Å². The van der Waals surface area contributed by atoms with Crippen LogP contribution in [0, 0.1) is 6.92 Å². The Morgan fingerprint density at radius 2 is 1.39 bits per heavy atom. The molecule has 0 N–H and O–H groups in total. The lowest BCUT2D eigenvalue weighted by atomic mass is 10.1. The van der Waals surface area contributed by atoms with Gasteiger partial charge in [0.05, 0.1) is 51.8 Å². The summed E-state index contributed by atoms with van der Waals surface area (Å²) in [7, 11) is 3.11. The van der Waals surface area contributed by atoms with Gasteiger partial charge in [0.1, 0.15) is 29.3 Å². The highest BCUT2D eigenvalue weighted by molar-refractivity contribution is 6.08. The molecule has 0 saturated carbocycles. The molecular formula is C30H32N2O9. The van der Waals surface area contributed by atoms with Gasteiger partial charge in [0.15, 0.2) is 17.3 Å². The van der Waals surface area contributed by atoms with Crippen LogP contribution in [0.1, 0.15) is 32.2 Å². The van der Waals surface area contributed by atoms with Gasteiger partial charge in [0.2, 0.25) is 0 Å². The van der Waals surface area contributed by atoms with Crippen molar-refractivity contribution in [1.82, 2.24) is 9.80 Å². The van der Waals surface area contributed by atoms with Crippen LogP contribution in [0.25, 0.3) is 21.9 Å². The number of methoxy groups -OCH3 is 2. The third kappa shape index (κ3) is 5.07. The van der Waals surface area contributed by atoms with E-state index >= 15 is 0 Å². The second-order valence-electron chi connectivity index (χ2n) is 9.89. The van der Waals surface area contributed by atoms with E-state index < -0.39 is 0 Å². The molecule has 11 heteroatoms. The zero-order valence-corrected chi connectivity index (χ0v) is 23.3. The molecule has 0 radical (unpaired) electrons. The summed E-state index contributed by atoms with van der Waals surface area (Å²) in [5.74, 6) is 2.05. The number of rotatable bonds is 7. The topological polar surface area (TPSA) is 113 Å². The maximum Gasteiger partial charge on any atom is 0.258 e. The van der Waals surface area contributed by atoms with Gasteiger partial charge in [-0.2, -0.15) is 0 Å². The van der Waals surface area contributed by atoms with E-state index in [9.17, 15) is 9.59 Å². The van der Waals surface area contributed by atoms with Crippen LogP contribution < -0.4 is 14.2 Å². The second kappa shape index (κ2) is 11.3. The monoisotopic (exact) mass is 564 g/mol. The zero-order valence-electron chi connectivity index (χ0n) is 23.3. The summed E-state index contributed by atoms with van der Waals surface area (Å²) in [6, 6.07) is 8.81. The molecule has 0 spiro atoms. The number of hydrogen-bond acceptors (Lipinski definition) is 9. The smallest absolute Gasteiger partial charge is 0.258 e. The first-order valence-corrected chi connectivity index (χ1v) is 13.6. The fourth-order valence-corrected chi connectivity index (χ4v) is 5.35. The number of amides is 2. The molecule has 2 aliphatic rings. The highest BCUT2D eigenvalue weighted by Gasteiger charge is 2.29. The summed E-state index contributed by atoms with van der Waals surface area (Å²) in [6.45, 7) is 5.69. The molecule has 0 bridgehead atoms. The Hall–Kier alpha value is -4.22. The number of hydrogen-bond donors (Lipinski definition) is 0. The van der Waals surface area contributed by atoms with Gasteiger partial charge < -0.3 is 42.3 Å². The first-order chi connectivity index (χ1) is 20.0. The molecule has 2 aliphatic heterocycles. The number of morpholine rings is 2. The molecule has 0 aliphatic carbocycles. The molecule has 2 aromatic heterocycles. The summed E-state index contributed by atoms with van der Waals surface area (Å²) in [5.41, 5.74) is 1.95. The molecule has 41 heavy (non-hydrogen) atoms. The Labute approximate surface area is 236 Å². The lowest BCUT2D eigenvalue weighted by Crippen LogP contribution is -2.41. The average Bonchev–Trinajstić information content (AvgIpc) is 3.54. The molecule has 2 amide bonds. The molecule has 4 aromatic rings. The molecule has 2 aromatic carbocycles. The van der Waals surface area contributed by atoms with Crippen molar-refractivity contribution in [2.45, 2.75) is 13.5 Å². The predicted molar refractivity (Wildman–Crippen MR) is 148 cm³/mol. The van der Waals surface area contributed by atoms with Crippen molar-refractivity contribution < 1.29 is 42.1 Å². The molecule has 6 rings (SSSR count). The molecule has 216 valence electrons. The van der Waals surface area contributed by atoms with Crippen LogP contribution in [0.4, 0.5) is 0 Å². The second-order valence-corrected chi connectivity index (χ2v) is 9.89. The maximum absolute atomic E-state index is 13.7. The number of nitrogens with zero attached hydrogens (tertiary/aromatic N) is 2. The summed E-state index contributed by atoms with van der Waals surface area (Å²) >= 11 is 0. The van der Waals surface area contributed by atoms with Gasteiger partial charge in [-0.1, -0.05) is 0 Å². The minimum Gasteiger partial charge on any atom is -0.497 e. The van der Waals surface area contributed by atoms with Gasteiger partial charge in [-0.05, 0) is 25.1 Å². The average molecular weight is 565 g/mol. The normalized spacial score (nSPS) is 15.9. The summed E-state index contributed by atoms with van der Waals surface area (Å²) in [5, 5.41) is 1.29. The van der Waals surface area contributed by atoms with E-state index in [0.717, 1.165) is 0 Å². The highest BCUT2D eigenvalue weighted by Crippen LogP contribution is 2.38. The zero-order chi connectivity index (χ0) is 28.5. The van der Waals surface area contributed by atoms with E-state index in [1.165, 1.54) is 7.11 Å². The largest absolute Gasteiger partial charge is 0.497 e. The highest BCUT2D eigenvalue weighted by atomic mass is 16.5. The van der Waals surface area contributed by atoms with Gasteiger partial charge in [0.25, 0.3) is 11.8 Å². The number of carbonyl (C=O) groups excluding carboxylic acids is 2. The molecule has 11 nitrogen and oxygen atoms in total. The number of furan rings is 2. The lowest BCUT2D eigenvalue weighted by Gasteiger charge is -2.27. The van der Waals surface area contributed by atoms with Crippen LogP contribution >= 0.6 is 0 Å². The molecule has 0 atom stereocenters. The Balaban J connectivity index is 1.36. The summed E-state index contributed by atoms with van der Waals surface area (Å²) in [6.07, 6.45) is 0. The lowest BCUT2D eigenvalue weighted by molar-refractivity contribution is 0.0300. The van der Waals surface area contributed by atoms with Crippen molar-refractivity contribution in [2.24, 2.45) is 0 Å². The van der Waals surface area contributed by atoms with Crippen molar-refractivity contribution in [3.05, 3.63) is 53.0 Å². The van der Waals surface area contributed by atoms with E-state index in [0.29, 0.717) is 114 Å². The molecule has 2 fully saturated rings. The first-order valence-electron chi connectivity index (χ1n) is 13.6. The van der Waals surface area contributed by atoms with Gasteiger partial charge in [-0.25, -0.2) is 0 Å². The number of fused-ring (bicyclic) bond motifs is 2. The minimum absolute atomic E-state index is 0.0478. The number of ether oxygens (including phenoxy) is 5. The van der Waals surface area contributed by atoms with Crippen molar-refractivity contribution >= 4 is 33.8 Å². The molecular weight excluding hydrogens is 532 g/mol. The van der Waals surface area contributed by atoms with E-state index in [4.69, 9.17) is 32.5 Å². The Morgan fingerprint density at radius 3 is 2.02 bits per heavy atom. The summed E-state index contributed by atoms with van der Waals surface area (Å²) in [4.78, 5) is 30.6. The number of carbonyl (C=O) groups is 2. The third-order valence-corrected chi connectivity index (χ3v) is 7.50. The standard InChI is InChI=1S/C30H32N2O9/c1-18-27(29(33)31-6-10-37-11-7-31)21-15-25(24(36-3)16-23(21)40-18)39-17-26-28(30(34)32-8-12-38-13-9-32)20-5-4-19(35-2)14-22(20)41-26/h4-5,14-16H,6-13,17H2,1-3H3. The van der Waals surface area contributed by atoms with Crippen molar-refractivity contribution in [1.29, 1.82) is 0 Å². The van der Waals surface area contributed by atoms with Crippen LogP contribution in [0.3, 0.4) is 0 Å². The fourth-order valence-electron chi connectivity index (χ4n) is 5.35. The van der Waals surface area contributed by atoms with E-state index in [-0.39, 0.29) is 18.4 Å². The van der Waals surface area contributed by atoms with Crippen molar-refractivity contribution in [3.8, 4) is 17.2 Å². The van der Waals surface area contributed by atoms with Crippen LogP contribution in [0.5, 0.6) is 17.2 Å². The van der Waals surface area contributed by atoms with Crippen molar-refractivity contribution in [3.63, 3.8) is 0 Å². The van der Waals surface area contributed by atoms with Gasteiger partial charge in [-0.15, -0.1) is 0 Å². The molecule has 2 saturated heterocycles. The van der Waals surface area contributed by atoms with Crippen LogP contribution in [0.2, 0.25) is 0 Å². The first kappa shape index (κ1) is 27.0. The Bertz CT molecular complexity index is 1590. The van der Waals surface area contributed by atoms with E-state index in [1.807, 2.05) is 6.07 Å². The fraction of sp³-hybridized carbons (Fsp3) is 0.400. The Kier molecular flexibility index (Phi) is 7.46. The third-order valence-electron chi connectivity index (χ3n) is 7.50.